The maximum absolute atomic E-state index is 5.47. The fourth-order valence-corrected chi connectivity index (χ4v) is 3.51. The number of hydrogen-bond donors (Lipinski definition) is 1. The van der Waals surface area contributed by atoms with Crippen LogP contribution in [0.25, 0.3) is 0 Å². The maximum atomic E-state index is 5.47. The third-order valence-corrected chi connectivity index (χ3v) is 5.02. The SMILES string of the molecule is CN=C(NCc1ccco1)N1CCN(Cc2cc(OC)c(OC)c(OC)c2)CC1. The first-order valence-corrected chi connectivity index (χ1v) is 9.67. The molecule has 0 bridgehead atoms. The van der Waals surface area contributed by atoms with E-state index in [0.717, 1.165) is 50.0 Å². The van der Waals surface area contributed by atoms with Gasteiger partial charge in [-0.15, -0.1) is 0 Å². The van der Waals surface area contributed by atoms with Crippen LogP contribution in [0.3, 0.4) is 0 Å². The summed E-state index contributed by atoms with van der Waals surface area (Å²) < 4.78 is 21.7. The number of guanidine groups is 1. The molecule has 8 nitrogen and oxygen atoms in total. The lowest BCUT2D eigenvalue weighted by atomic mass is 10.1. The standard InChI is InChI=1S/C21H30N4O4/c1-22-21(23-14-17-6-5-11-29-17)25-9-7-24(8-10-25)15-16-12-18(26-2)20(28-4)19(13-16)27-3/h5-6,11-13H,7-10,14-15H2,1-4H3,(H,22,23). The molecule has 0 amide bonds. The van der Waals surface area contributed by atoms with Crippen LogP contribution in [0.2, 0.25) is 0 Å². The highest BCUT2D eigenvalue weighted by molar-refractivity contribution is 5.79. The van der Waals surface area contributed by atoms with Crippen LogP contribution in [-0.4, -0.2) is 70.3 Å². The topological polar surface area (TPSA) is 71.7 Å². The first-order chi connectivity index (χ1) is 14.2. The number of ether oxygens (including phenoxy) is 3. The second kappa shape index (κ2) is 10.1. The van der Waals surface area contributed by atoms with Crippen molar-refractivity contribution in [3.63, 3.8) is 0 Å². The fraction of sp³-hybridized carbons (Fsp3) is 0.476. The van der Waals surface area contributed by atoms with Crippen LogP contribution in [0.4, 0.5) is 0 Å². The molecule has 1 aliphatic rings. The van der Waals surface area contributed by atoms with Gasteiger partial charge in [-0.25, -0.2) is 0 Å². The minimum atomic E-state index is 0.620. The summed E-state index contributed by atoms with van der Waals surface area (Å²) in [4.78, 5) is 9.10. The van der Waals surface area contributed by atoms with Crippen molar-refractivity contribution in [1.82, 2.24) is 15.1 Å². The number of hydrogen-bond acceptors (Lipinski definition) is 6. The lowest BCUT2D eigenvalue weighted by Crippen LogP contribution is -2.52. The van der Waals surface area contributed by atoms with Crippen LogP contribution >= 0.6 is 0 Å². The molecule has 2 heterocycles. The second-order valence-electron chi connectivity index (χ2n) is 6.78. The van der Waals surface area contributed by atoms with Crippen molar-refractivity contribution in [1.29, 1.82) is 0 Å². The Kier molecular flexibility index (Phi) is 7.24. The Morgan fingerprint density at radius 1 is 1.07 bits per heavy atom. The summed E-state index contributed by atoms with van der Waals surface area (Å²) in [6, 6.07) is 7.87. The van der Waals surface area contributed by atoms with Gasteiger partial charge in [-0.1, -0.05) is 0 Å². The molecule has 8 heteroatoms. The van der Waals surface area contributed by atoms with Crippen molar-refractivity contribution in [3.05, 3.63) is 41.9 Å². The molecule has 1 aromatic carbocycles. The molecule has 0 unspecified atom stereocenters. The zero-order valence-electron chi connectivity index (χ0n) is 17.6. The van der Waals surface area contributed by atoms with Crippen molar-refractivity contribution < 1.29 is 18.6 Å². The van der Waals surface area contributed by atoms with E-state index in [2.05, 4.69) is 20.1 Å². The summed E-state index contributed by atoms with van der Waals surface area (Å²) in [6.07, 6.45) is 1.68. The predicted octanol–water partition coefficient (Wildman–Crippen LogP) is 2.20. The van der Waals surface area contributed by atoms with Gasteiger partial charge in [0.2, 0.25) is 5.75 Å². The Hall–Kier alpha value is -2.87. The molecule has 1 saturated heterocycles. The number of benzene rings is 1. The molecule has 0 radical (unpaired) electrons. The molecular weight excluding hydrogens is 372 g/mol. The van der Waals surface area contributed by atoms with E-state index in [1.54, 1.807) is 27.6 Å². The Morgan fingerprint density at radius 2 is 1.76 bits per heavy atom. The van der Waals surface area contributed by atoms with E-state index in [1.807, 2.05) is 31.3 Å². The van der Waals surface area contributed by atoms with E-state index in [-0.39, 0.29) is 0 Å². The van der Waals surface area contributed by atoms with Gasteiger partial charge < -0.3 is 28.8 Å². The molecule has 0 aliphatic carbocycles. The lowest BCUT2D eigenvalue weighted by molar-refractivity contribution is 0.172. The van der Waals surface area contributed by atoms with Gasteiger partial charge in [-0.3, -0.25) is 9.89 Å². The van der Waals surface area contributed by atoms with Crippen LogP contribution < -0.4 is 19.5 Å². The molecule has 158 valence electrons. The average molecular weight is 402 g/mol. The Bertz CT molecular complexity index is 774. The van der Waals surface area contributed by atoms with E-state index < -0.39 is 0 Å². The van der Waals surface area contributed by atoms with E-state index in [4.69, 9.17) is 18.6 Å². The van der Waals surface area contributed by atoms with Crippen LogP contribution in [0.1, 0.15) is 11.3 Å². The minimum Gasteiger partial charge on any atom is -0.493 e. The number of piperazine rings is 1. The molecule has 1 fully saturated rings. The van der Waals surface area contributed by atoms with Gasteiger partial charge in [-0.2, -0.15) is 0 Å². The van der Waals surface area contributed by atoms with Gasteiger partial charge in [0, 0.05) is 39.8 Å². The monoisotopic (exact) mass is 402 g/mol. The number of methoxy groups -OCH3 is 3. The van der Waals surface area contributed by atoms with Gasteiger partial charge in [0.15, 0.2) is 17.5 Å². The molecule has 2 aromatic rings. The van der Waals surface area contributed by atoms with Crippen LogP contribution in [-0.2, 0) is 13.1 Å². The van der Waals surface area contributed by atoms with E-state index in [9.17, 15) is 0 Å². The number of nitrogens with zero attached hydrogens (tertiary/aromatic N) is 3. The first-order valence-electron chi connectivity index (χ1n) is 9.67. The second-order valence-corrected chi connectivity index (χ2v) is 6.78. The quantitative estimate of drug-likeness (QED) is 0.562. The highest BCUT2D eigenvalue weighted by Gasteiger charge is 2.21. The molecule has 29 heavy (non-hydrogen) atoms. The van der Waals surface area contributed by atoms with Crippen LogP contribution in [0.15, 0.2) is 39.9 Å². The highest BCUT2D eigenvalue weighted by Crippen LogP contribution is 2.38. The van der Waals surface area contributed by atoms with Crippen molar-refractivity contribution in [2.75, 3.05) is 54.6 Å². The zero-order valence-corrected chi connectivity index (χ0v) is 17.6. The first kappa shape index (κ1) is 20.9. The van der Waals surface area contributed by atoms with Crippen molar-refractivity contribution >= 4 is 5.96 Å². The van der Waals surface area contributed by atoms with Gasteiger partial charge in [0.05, 0.1) is 34.1 Å². The van der Waals surface area contributed by atoms with Crippen LogP contribution in [0.5, 0.6) is 17.2 Å². The summed E-state index contributed by atoms with van der Waals surface area (Å²) in [7, 11) is 6.71. The third kappa shape index (κ3) is 5.14. The minimum absolute atomic E-state index is 0.620. The van der Waals surface area contributed by atoms with Gasteiger partial charge in [-0.05, 0) is 29.8 Å². The average Bonchev–Trinajstić information content (AvgIpc) is 3.28. The van der Waals surface area contributed by atoms with Gasteiger partial charge in [0.25, 0.3) is 0 Å². The Morgan fingerprint density at radius 3 is 2.28 bits per heavy atom. The van der Waals surface area contributed by atoms with Crippen molar-refractivity contribution in [2.45, 2.75) is 13.1 Å². The van der Waals surface area contributed by atoms with Crippen molar-refractivity contribution in [2.24, 2.45) is 4.99 Å². The summed E-state index contributed by atoms with van der Waals surface area (Å²) in [5.74, 6) is 3.78. The number of rotatable bonds is 7. The summed E-state index contributed by atoms with van der Waals surface area (Å²) in [6.45, 7) is 5.15. The summed E-state index contributed by atoms with van der Waals surface area (Å²) >= 11 is 0. The largest absolute Gasteiger partial charge is 0.493 e. The van der Waals surface area contributed by atoms with E-state index in [1.165, 1.54) is 0 Å². The summed E-state index contributed by atoms with van der Waals surface area (Å²) in [5, 5.41) is 3.37. The zero-order chi connectivity index (χ0) is 20.6. The fourth-order valence-electron chi connectivity index (χ4n) is 3.51. The summed E-state index contributed by atoms with van der Waals surface area (Å²) in [5.41, 5.74) is 1.13. The molecular formula is C21H30N4O4. The number of furan rings is 1. The molecule has 1 aromatic heterocycles. The lowest BCUT2D eigenvalue weighted by Gasteiger charge is -2.36. The Balaban J connectivity index is 1.56. The third-order valence-electron chi connectivity index (χ3n) is 5.02. The van der Waals surface area contributed by atoms with E-state index >= 15 is 0 Å². The molecule has 0 atom stereocenters. The molecule has 1 N–H and O–H groups in total. The maximum Gasteiger partial charge on any atom is 0.203 e. The highest BCUT2D eigenvalue weighted by atomic mass is 16.5. The molecule has 3 rings (SSSR count). The molecule has 0 saturated carbocycles. The van der Waals surface area contributed by atoms with Gasteiger partial charge >= 0.3 is 0 Å². The van der Waals surface area contributed by atoms with E-state index in [0.29, 0.717) is 23.8 Å². The van der Waals surface area contributed by atoms with Gasteiger partial charge in [0.1, 0.15) is 5.76 Å². The number of nitrogens with one attached hydrogen (secondary N) is 1. The molecule has 1 aliphatic heterocycles. The normalized spacial score (nSPS) is 15.3. The number of aliphatic imine (C=N–C) groups is 1. The predicted molar refractivity (Wildman–Crippen MR) is 112 cm³/mol. The molecule has 0 spiro atoms. The van der Waals surface area contributed by atoms with Crippen molar-refractivity contribution in [3.8, 4) is 17.2 Å². The Labute approximate surface area is 172 Å². The van der Waals surface area contributed by atoms with Crippen LogP contribution in [0, 0.1) is 0 Å². The smallest absolute Gasteiger partial charge is 0.203 e.